The third-order valence-corrected chi connectivity index (χ3v) is 4.73. The van der Waals surface area contributed by atoms with E-state index < -0.39 is 0 Å². The van der Waals surface area contributed by atoms with Gasteiger partial charge in [-0.25, -0.2) is 9.97 Å². The SMILES string of the molecule is CC1(Cc2cccc(Br)c2)CCCN1c1ccnc(C#N)n1. The first kappa shape index (κ1) is 15.0. The van der Waals surface area contributed by atoms with Gasteiger partial charge in [-0.3, -0.25) is 0 Å². The van der Waals surface area contributed by atoms with E-state index in [2.05, 4.69) is 55.9 Å². The Morgan fingerprint density at radius 2 is 2.27 bits per heavy atom. The van der Waals surface area contributed by atoms with Crippen LogP contribution >= 0.6 is 15.9 Å². The van der Waals surface area contributed by atoms with Crippen LogP contribution in [-0.4, -0.2) is 22.1 Å². The fourth-order valence-corrected chi connectivity index (χ4v) is 3.68. The van der Waals surface area contributed by atoms with Crippen molar-refractivity contribution in [1.82, 2.24) is 9.97 Å². The zero-order chi connectivity index (χ0) is 15.6. The van der Waals surface area contributed by atoms with Crippen molar-refractivity contribution in [2.75, 3.05) is 11.4 Å². The fourth-order valence-electron chi connectivity index (χ4n) is 3.24. The summed E-state index contributed by atoms with van der Waals surface area (Å²) in [4.78, 5) is 10.7. The summed E-state index contributed by atoms with van der Waals surface area (Å²) in [6, 6.07) is 12.4. The van der Waals surface area contributed by atoms with E-state index >= 15 is 0 Å². The first-order valence-corrected chi connectivity index (χ1v) is 8.15. The summed E-state index contributed by atoms with van der Waals surface area (Å²) < 4.78 is 1.10. The Labute approximate surface area is 138 Å². The molecule has 1 aromatic heterocycles. The Bertz CT molecular complexity index is 725. The Kier molecular flexibility index (Phi) is 4.12. The van der Waals surface area contributed by atoms with Crippen molar-refractivity contribution in [3.8, 4) is 6.07 Å². The van der Waals surface area contributed by atoms with E-state index in [1.807, 2.05) is 18.2 Å². The van der Waals surface area contributed by atoms with Crippen molar-refractivity contribution >= 4 is 21.7 Å². The summed E-state index contributed by atoms with van der Waals surface area (Å²) in [5.41, 5.74) is 1.32. The van der Waals surface area contributed by atoms with Crippen LogP contribution in [0, 0.1) is 11.3 Å². The maximum absolute atomic E-state index is 9.00. The lowest BCUT2D eigenvalue weighted by atomic mass is 9.90. The van der Waals surface area contributed by atoms with Crippen molar-refractivity contribution in [1.29, 1.82) is 5.26 Å². The van der Waals surface area contributed by atoms with Gasteiger partial charge in [0.15, 0.2) is 0 Å². The highest BCUT2D eigenvalue weighted by Crippen LogP contribution is 2.35. The molecule has 1 atom stereocenters. The maximum Gasteiger partial charge on any atom is 0.234 e. The largest absolute Gasteiger partial charge is 0.351 e. The predicted molar refractivity (Wildman–Crippen MR) is 89.6 cm³/mol. The van der Waals surface area contributed by atoms with Gasteiger partial charge >= 0.3 is 0 Å². The van der Waals surface area contributed by atoms with Crippen LogP contribution in [0.1, 0.15) is 31.2 Å². The highest BCUT2D eigenvalue weighted by molar-refractivity contribution is 9.10. The third kappa shape index (κ3) is 2.97. The predicted octanol–water partition coefficient (Wildman–Crippen LogP) is 3.71. The van der Waals surface area contributed by atoms with Gasteiger partial charge in [0, 0.05) is 22.8 Å². The number of hydrogen-bond donors (Lipinski definition) is 0. The molecule has 1 aliphatic heterocycles. The van der Waals surface area contributed by atoms with Gasteiger partial charge in [0.2, 0.25) is 5.82 Å². The van der Waals surface area contributed by atoms with Crippen LogP contribution in [0.4, 0.5) is 5.82 Å². The van der Waals surface area contributed by atoms with Crippen molar-refractivity contribution in [3.63, 3.8) is 0 Å². The number of aromatic nitrogens is 2. The lowest BCUT2D eigenvalue weighted by molar-refractivity contribution is 0.461. The molecule has 0 N–H and O–H groups in total. The average molecular weight is 357 g/mol. The molecule has 0 saturated carbocycles. The van der Waals surface area contributed by atoms with Crippen LogP contribution in [0.25, 0.3) is 0 Å². The second-order valence-electron chi connectivity index (χ2n) is 5.91. The zero-order valence-corrected chi connectivity index (χ0v) is 14.0. The number of rotatable bonds is 3. The number of hydrogen-bond acceptors (Lipinski definition) is 4. The summed E-state index contributed by atoms with van der Waals surface area (Å²) >= 11 is 3.54. The van der Waals surface area contributed by atoms with E-state index in [-0.39, 0.29) is 11.4 Å². The minimum atomic E-state index is 0.0157. The van der Waals surface area contributed by atoms with Gasteiger partial charge in [0.25, 0.3) is 0 Å². The molecule has 1 fully saturated rings. The number of halogens is 1. The molecule has 3 rings (SSSR count). The normalized spacial score (nSPS) is 20.9. The molecule has 112 valence electrons. The van der Waals surface area contributed by atoms with Gasteiger partial charge in [-0.2, -0.15) is 5.26 Å². The smallest absolute Gasteiger partial charge is 0.234 e. The van der Waals surface area contributed by atoms with Crippen LogP contribution in [-0.2, 0) is 6.42 Å². The highest BCUT2D eigenvalue weighted by Gasteiger charge is 2.37. The quantitative estimate of drug-likeness (QED) is 0.840. The first-order chi connectivity index (χ1) is 10.6. The molecule has 4 nitrogen and oxygen atoms in total. The molecule has 1 unspecified atom stereocenters. The topological polar surface area (TPSA) is 52.8 Å². The van der Waals surface area contributed by atoms with Crippen LogP contribution in [0.2, 0.25) is 0 Å². The molecular formula is C17H17BrN4. The van der Waals surface area contributed by atoms with E-state index in [4.69, 9.17) is 5.26 Å². The molecule has 1 aromatic carbocycles. The fraction of sp³-hybridized carbons (Fsp3) is 0.353. The minimum absolute atomic E-state index is 0.0157. The average Bonchev–Trinajstić information content (AvgIpc) is 2.88. The van der Waals surface area contributed by atoms with Crippen LogP contribution in [0.5, 0.6) is 0 Å². The van der Waals surface area contributed by atoms with Gasteiger partial charge in [0.1, 0.15) is 11.9 Å². The summed E-state index contributed by atoms with van der Waals surface area (Å²) in [6.45, 7) is 3.24. The molecule has 22 heavy (non-hydrogen) atoms. The monoisotopic (exact) mass is 356 g/mol. The molecule has 0 bridgehead atoms. The molecule has 1 aliphatic rings. The highest BCUT2D eigenvalue weighted by atomic mass is 79.9. The number of benzene rings is 1. The second-order valence-corrected chi connectivity index (χ2v) is 6.82. The molecule has 0 spiro atoms. The van der Waals surface area contributed by atoms with Crippen molar-refractivity contribution < 1.29 is 0 Å². The Balaban J connectivity index is 1.89. The molecular weight excluding hydrogens is 340 g/mol. The van der Waals surface area contributed by atoms with Crippen molar-refractivity contribution in [2.24, 2.45) is 0 Å². The Morgan fingerprint density at radius 3 is 3.05 bits per heavy atom. The maximum atomic E-state index is 9.00. The summed E-state index contributed by atoms with van der Waals surface area (Å²) in [6.07, 6.45) is 4.87. The van der Waals surface area contributed by atoms with Gasteiger partial charge < -0.3 is 4.90 Å². The Morgan fingerprint density at radius 1 is 1.41 bits per heavy atom. The van der Waals surface area contributed by atoms with Gasteiger partial charge in [0.05, 0.1) is 0 Å². The molecule has 2 heterocycles. The van der Waals surface area contributed by atoms with E-state index in [0.717, 1.165) is 36.1 Å². The molecule has 0 aliphatic carbocycles. The van der Waals surface area contributed by atoms with Crippen LogP contribution in [0.3, 0.4) is 0 Å². The van der Waals surface area contributed by atoms with Gasteiger partial charge in [-0.05, 0) is 49.9 Å². The van der Waals surface area contributed by atoms with E-state index in [1.165, 1.54) is 5.56 Å². The lowest BCUT2D eigenvalue weighted by Crippen LogP contribution is -2.43. The molecule has 0 amide bonds. The lowest BCUT2D eigenvalue weighted by Gasteiger charge is -2.36. The molecule has 0 radical (unpaired) electrons. The molecule has 5 heteroatoms. The molecule has 2 aromatic rings. The van der Waals surface area contributed by atoms with Crippen molar-refractivity contribution in [3.05, 3.63) is 52.4 Å². The first-order valence-electron chi connectivity index (χ1n) is 7.36. The molecule has 1 saturated heterocycles. The summed E-state index contributed by atoms with van der Waals surface area (Å²) in [5, 5.41) is 9.00. The van der Waals surface area contributed by atoms with E-state index in [9.17, 15) is 0 Å². The van der Waals surface area contributed by atoms with Crippen LogP contribution in [0.15, 0.2) is 41.0 Å². The van der Waals surface area contributed by atoms with Crippen molar-refractivity contribution in [2.45, 2.75) is 31.7 Å². The number of anilines is 1. The van der Waals surface area contributed by atoms with Gasteiger partial charge in [-0.15, -0.1) is 0 Å². The van der Waals surface area contributed by atoms with Crippen LogP contribution < -0.4 is 4.90 Å². The minimum Gasteiger partial charge on any atom is -0.351 e. The zero-order valence-electron chi connectivity index (χ0n) is 12.5. The summed E-state index contributed by atoms with van der Waals surface area (Å²) in [7, 11) is 0. The number of nitrogens with zero attached hydrogens (tertiary/aromatic N) is 4. The Hall–Kier alpha value is -1.93. The van der Waals surface area contributed by atoms with Gasteiger partial charge in [-0.1, -0.05) is 28.1 Å². The number of nitriles is 1. The van der Waals surface area contributed by atoms with E-state index in [1.54, 1.807) is 6.20 Å². The second kappa shape index (κ2) is 6.05. The summed E-state index contributed by atoms with van der Waals surface area (Å²) in [5.74, 6) is 1.08. The standard InChI is InChI=1S/C17H17BrN4/c1-17(11-13-4-2-5-14(18)10-13)7-3-9-22(17)16-6-8-20-15(12-19)21-16/h2,4-6,8,10H,3,7,9,11H2,1H3. The van der Waals surface area contributed by atoms with E-state index in [0.29, 0.717) is 0 Å². The third-order valence-electron chi connectivity index (χ3n) is 4.24.